The first kappa shape index (κ1) is 14.3. The fourth-order valence-corrected chi connectivity index (χ4v) is 2.64. The summed E-state index contributed by atoms with van der Waals surface area (Å²) in [6, 6.07) is 0.300. The third-order valence-electron chi connectivity index (χ3n) is 3.79. The average Bonchev–Trinajstić information content (AvgIpc) is 3.08. The summed E-state index contributed by atoms with van der Waals surface area (Å²) in [5.41, 5.74) is 2.47. The molecule has 0 aromatic carbocycles. The summed E-state index contributed by atoms with van der Waals surface area (Å²) in [4.78, 5) is 14.9. The molecule has 0 aliphatic carbocycles. The number of nitrogens with one attached hydrogen (secondary N) is 1. The zero-order valence-corrected chi connectivity index (χ0v) is 12.1. The van der Waals surface area contributed by atoms with E-state index in [4.69, 9.17) is 15.3 Å². The number of aromatic nitrogens is 3. The van der Waals surface area contributed by atoms with E-state index in [1.165, 1.54) is 6.42 Å². The molecule has 0 bridgehead atoms. The summed E-state index contributed by atoms with van der Waals surface area (Å²) >= 11 is 0. The number of ether oxygens (including phenoxy) is 2. The topological polar surface area (TPSA) is 98.4 Å². The van der Waals surface area contributed by atoms with Crippen molar-refractivity contribution in [1.82, 2.24) is 15.0 Å². The molecule has 8 heteroatoms. The van der Waals surface area contributed by atoms with E-state index < -0.39 is 0 Å². The molecule has 116 valence electrons. The molecule has 0 radical (unpaired) electrons. The van der Waals surface area contributed by atoms with Crippen molar-refractivity contribution < 1.29 is 9.47 Å². The van der Waals surface area contributed by atoms with Crippen molar-refractivity contribution in [1.29, 1.82) is 0 Å². The third kappa shape index (κ3) is 3.70. The number of nitrogens with zero attached hydrogens (tertiary/aromatic N) is 4. The van der Waals surface area contributed by atoms with Gasteiger partial charge in [-0.05, 0) is 32.1 Å². The number of nitrogen functional groups attached to an aromatic ring is 1. The van der Waals surface area contributed by atoms with Crippen LogP contribution in [0.25, 0.3) is 0 Å². The van der Waals surface area contributed by atoms with Crippen LogP contribution < -0.4 is 20.9 Å². The van der Waals surface area contributed by atoms with Gasteiger partial charge in [0.15, 0.2) is 0 Å². The molecule has 2 aliphatic heterocycles. The van der Waals surface area contributed by atoms with Crippen molar-refractivity contribution in [2.75, 3.05) is 36.6 Å². The zero-order valence-electron chi connectivity index (χ0n) is 12.1. The van der Waals surface area contributed by atoms with Gasteiger partial charge in [-0.25, -0.2) is 5.84 Å². The Kier molecular flexibility index (Phi) is 4.66. The Morgan fingerprint density at radius 3 is 2.76 bits per heavy atom. The normalized spacial score (nSPS) is 22.3. The molecule has 8 nitrogen and oxygen atoms in total. The lowest BCUT2D eigenvalue weighted by Crippen LogP contribution is -2.27. The average molecular weight is 294 g/mol. The van der Waals surface area contributed by atoms with Crippen LogP contribution in [0.3, 0.4) is 0 Å². The van der Waals surface area contributed by atoms with E-state index in [1.807, 2.05) is 0 Å². The lowest BCUT2D eigenvalue weighted by Gasteiger charge is -2.22. The molecule has 1 atom stereocenters. The molecule has 3 rings (SSSR count). The molecule has 0 saturated carbocycles. The predicted molar refractivity (Wildman–Crippen MR) is 78.2 cm³/mol. The van der Waals surface area contributed by atoms with Crippen molar-refractivity contribution in [3.63, 3.8) is 0 Å². The van der Waals surface area contributed by atoms with Gasteiger partial charge in [0.1, 0.15) is 6.61 Å². The van der Waals surface area contributed by atoms with Gasteiger partial charge in [-0.15, -0.1) is 0 Å². The first-order chi connectivity index (χ1) is 10.3. The monoisotopic (exact) mass is 294 g/mol. The maximum absolute atomic E-state index is 5.68. The van der Waals surface area contributed by atoms with Crippen molar-refractivity contribution in [2.24, 2.45) is 5.84 Å². The van der Waals surface area contributed by atoms with Crippen LogP contribution in [0, 0.1) is 0 Å². The number of nitrogens with two attached hydrogens (primary N) is 1. The Labute approximate surface area is 124 Å². The van der Waals surface area contributed by atoms with E-state index in [0.29, 0.717) is 24.5 Å². The quantitative estimate of drug-likeness (QED) is 0.605. The van der Waals surface area contributed by atoms with Crippen LogP contribution in [0.4, 0.5) is 11.9 Å². The predicted octanol–water partition coefficient (Wildman–Crippen LogP) is 0.705. The van der Waals surface area contributed by atoms with Crippen LogP contribution in [0.15, 0.2) is 0 Å². The molecule has 0 amide bonds. The Bertz CT molecular complexity index is 460. The number of hydrogen-bond acceptors (Lipinski definition) is 8. The highest BCUT2D eigenvalue weighted by molar-refractivity contribution is 5.38. The first-order valence-corrected chi connectivity index (χ1v) is 7.57. The second kappa shape index (κ2) is 6.86. The van der Waals surface area contributed by atoms with Crippen molar-refractivity contribution in [3.05, 3.63) is 0 Å². The number of anilines is 2. The van der Waals surface area contributed by atoms with E-state index >= 15 is 0 Å². The Morgan fingerprint density at radius 1 is 1.19 bits per heavy atom. The summed E-state index contributed by atoms with van der Waals surface area (Å²) in [6.45, 7) is 3.19. The van der Waals surface area contributed by atoms with Gasteiger partial charge in [0, 0.05) is 19.7 Å². The molecule has 2 fully saturated rings. The molecule has 3 heterocycles. The second-order valence-corrected chi connectivity index (χ2v) is 5.38. The van der Waals surface area contributed by atoms with Gasteiger partial charge in [-0.3, -0.25) is 5.43 Å². The third-order valence-corrected chi connectivity index (χ3v) is 3.79. The van der Waals surface area contributed by atoms with Gasteiger partial charge in [0.25, 0.3) is 0 Å². The number of hydrogen-bond donors (Lipinski definition) is 2. The van der Waals surface area contributed by atoms with Crippen LogP contribution in [0.1, 0.15) is 32.1 Å². The Balaban J connectivity index is 1.66. The minimum atomic E-state index is 0.125. The molecular weight excluding hydrogens is 272 g/mol. The van der Waals surface area contributed by atoms with Gasteiger partial charge in [-0.1, -0.05) is 0 Å². The summed E-state index contributed by atoms with van der Waals surface area (Å²) in [6.07, 6.45) is 5.76. The highest BCUT2D eigenvalue weighted by Gasteiger charge is 2.19. The minimum Gasteiger partial charge on any atom is -0.461 e. The molecule has 1 unspecified atom stereocenters. The van der Waals surface area contributed by atoms with Crippen molar-refractivity contribution in [3.8, 4) is 6.01 Å². The number of hydrazine groups is 1. The maximum atomic E-state index is 5.68. The van der Waals surface area contributed by atoms with Gasteiger partial charge in [0.2, 0.25) is 11.9 Å². The van der Waals surface area contributed by atoms with Crippen molar-refractivity contribution >= 4 is 11.9 Å². The van der Waals surface area contributed by atoms with E-state index in [0.717, 1.165) is 45.4 Å². The van der Waals surface area contributed by atoms with Crippen LogP contribution >= 0.6 is 0 Å². The van der Waals surface area contributed by atoms with Crippen LogP contribution in [-0.4, -0.2) is 47.4 Å². The Hall–Kier alpha value is -1.67. The highest BCUT2D eigenvalue weighted by Crippen LogP contribution is 2.20. The van der Waals surface area contributed by atoms with Crippen LogP contribution in [-0.2, 0) is 4.74 Å². The summed E-state index contributed by atoms with van der Waals surface area (Å²) in [5, 5.41) is 0. The SMILES string of the molecule is NNc1nc(OCC2CCCCO2)nc(N2CCCC2)n1. The molecule has 0 spiro atoms. The van der Waals surface area contributed by atoms with Gasteiger partial charge < -0.3 is 14.4 Å². The van der Waals surface area contributed by atoms with E-state index in [9.17, 15) is 0 Å². The maximum Gasteiger partial charge on any atom is 0.323 e. The van der Waals surface area contributed by atoms with E-state index in [-0.39, 0.29) is 6.10 Å². The van der Waals surface area contributed by atoms with E-state index in [1.54, 1.807) is 0 Å². The molecule has 1 aromatic rings. The largest absolute Gasteiger partial charge is 0.461 e. The summed E-state index contributed by atoms with van der Waals surface area (Å²) in [7, 11) is 0. The molecule has 2 saturated heterocycles. The molecule has 1 aromatic heterocycles. The first-order valence-electron chi connectivity index (χ1n) is 7.57. The standard InChI is InChI=1S/C13H22N6O2/c14-18-11-15-12(19-6-2-3-7-19)17-13(16-11)21-9-10-5-1-4-8-20-10/h10H,1-9,14H2,(H,15,16,17,18). The Morgan fingerprint density at radius 2 is 2.05 bits per heavy atom. The molecule has 2 aliphatic rings. The van der Waals surface area contributed by atoms with Gasteiger partial charge in [0.05, 0.1) is 6.10 Å². The van der Waals surface area contributed by atoms with Crippen molar-refractivity contribution in [2.45, 2.75) is 38.2 Å². The van der Waals surface area contributed by atoms with Crippen LogP contribution in [0.5, 0.6) is 6.01 Å². The minimum absolute atomic E-state index is 0.125. The van der Waals surface area contributed by atoms with E-state index in [2.05, 4.69) is 25.3 Å². The molecule has 3 N–H and O–H groups in total. The second-order valence-electron chi connectivity index (χ2n) is 5.38. The van der Waals surface area contributed by atoms with Crippen LogP contribution in [0.2, 0.25) is 0 Å². The van der Waals surface area contributed by atoms with Gasteiger partial charge in [-0.2, -0.15) is 15.0 Å². The fraction of sp³-hybridized carbons (Fsp3) is 0.769. The number of rotatable bonds is 5. The highest BCUT2D eigenvalue weighted by atomic mass is 16.5. The summed E-state index contributed by atoms with van der Waals surface area (Å²) in [5.74, 6) is 6.37. The lowest BCUT2D eigenvalue weighted by molar-refractivity contribution is -0.0129. The van der Waals surface area contributed by atoms with Gasteiger partial charge >= 0.3 is 6.01 Å². The zero-order chi connectivity index (χ0) is 14.5. The molecule has 21 heavy (non-hydrogen) atoms. The fourth-order valence-electron chi connectivity index (χ4n) is 2.64. The lowest BCUT2D eigenvalue weighted by atomic mass is 10.1. The molecular formula is C13H22N6O2. The summed E-state index contributed by atoms with van der Waals surface area (Å²) < 4.78 is 11.3. The smallest absolute Gasteiger partial charge is 0.323 e.